The molecule has 0 aliphatic heterocycles. The molecular weight excluding hydrogens is 426 g/mol. The summed E-state index contributed by atoms with van der Waals surface area (Å²) < 4.78 is 1.51. The molecule has 1 unspecified atom stereocenters. The number of aromatic nitrogens is 2. The van der Waals surface area contributed by atoms with E-state index in [1.807, 2.05) is 22.9 Å². The molecule has 1 N–H and O–H groups in total. The maximum atomic E-state index is 12.8. The Morgan fingerprint density at radius 3 is 2.71 bits per heavy atom. The van der Waals surface area contributed by atoms with Crippen LogP contribution in [0.2, 0.25) is 0 Å². The van der Waals surface area contributed by atoms with Gasteiger partial charge in [-0.3, -0.25) is 14.2 Å². The van der Waals surface area contributed by atoms with Gasteiger partial charge in [-0.2, -0.15) is 0 Å². The number of carbonyl (C=O) groups excluding carboxylic acids is 1. The number of hydrogen-bond donors (Lipinski definition) is 1. The highest BCUT2D eigenvalue weighted by molar-refractivity contribution is 7.16. The summed E-state index contributed by atoms with van der Waals surface area (Å²) in [6.07, 6.45) is 5.17. The van der Waals surface area contributed by atoms with Crippen LogP contribution < -0.4 is 10.9 Å². The molecular formula is C24H25N3O2S2. The molecule has 1 atom stereocenters. The molecule has 0 spiro atoms. The number of carbonyl (C=O) groups is 1. The van der Waals surface area contributed by atoms with Crippen molar-refractivity contribution in [2.45, 2.75) is 45.2 Å². The standard InChI is InChI=1S/C24H25N3O2S2/c1-2-3-5-17-7-9-18(10-8-17)22(20-6-4-14-30-20)26-21(28)11-13-27-16-25-23-19(24(27)29)12-15-31-23/h4,6-10,12,14-16,22H,2-3,5,11,13H2,1H3,(H,26,28). The van der Waals surface area contributed by atoms with Gasteiger partial charge in [0.2, 0.25) is 5.91 Å². The van der Waals surface area contributed by atoms with Crippen molar-refractivity contribution in [3.05, 3.63) is 85.9 Å². The van der Waals surface area contributed by atoms with Gasteiger partial charge in [0.25, 0.3) is 5.56 Å². The second kappa shape index (κ2) is 10.0. The van der Waals surface area contributed by atoms with Gasteiger partial charge in [0, 0.05) is 17.8 Å². The highest BCUT2D eigenvalue weighted by Gasteiger charge is 2.18. The molecule has 0 fully saturated rings. The van der Waals surface area contributed by atoms with Crippen LogP contribution in [0.25, 0.3) is 10.2 Å². The molecule has 7 heteroatoms. The number of hydrogen-bond acceptors (Lipinski definition) is 5. The van der Waals surface area contributed by atoms with E-state index in [-0.39, 0.29) is 23.9 Å². The van der Waals surface area contributed by atoms with Crippen LogP contribution in [0.15, 0.2) is 64.3 Å². The molecule has 3 aromatic heterocycles. The first kappa shape index (κ1) is 21.5. The van der Waals surface area contributed by atoms with E-state index in [0.717, 1.165) is 21.7 Å². The number of unbranched alkanes of at least 4 members (excludes halogenated alkanes) is 1. The van der Waals surface area contributed by atoms with Gasteiger partial charge in [0.15, 0.2) is 0 Å². The van der Waals surface area contributed by atoms with Crippen molar-refractivity contribution in [2.24, 2.45) is 0 Å². The molecule has 1 aromatic carbocycles. The van der Waals surface area contributed by atoms with E-state index in [4.69, 9.17) is 0 Å². The predicted octanol–water partition coefficient (Wildman–Crippen LogP) is 5.16. The smallest absolute Gasteiger partial charge is 0.262 e. The fourth-order valence-electron chi connectivity index (χ4n) is 3.54. The topological polar surface area (TPSA) is 64.0 Å². The molecule has 0 radical (unpaired) electrons. The summed E-state index contributed by atoms with van der Waals surface area (Å²) in [5.74, 6) is -0.0919. The van der Waals surface area contributed by atoms with Crippen LogP contribution >= 0.6 is 22.7 Å². The molecule has 4 aromatic rings. The number of rotatable bonds is 9. The molecule has 3 heterocycles. The van der Waals surface area contributed by atoms with Crippen LogP contribution in [0.1, 0.15) is 48.2 Å². The van der Waals surface area contributed by atoms with Gasteiger partial charge >= 0.3 is 0 Å². The summed E-state index contributed by atoms with van der Waals surface area (Å²) in [5, 5.41) is 7.64. The Bertz CT molecular complexity index is 1190. The number of aryl methyl sites for hydroxylation is 2. The average molecular weight is 452 g/mol. The summed E-state index contributed by atoms with van der Waals surface area (Å²) in [4.78, 5) is 31.5. The van der Waals surface area contributed by atoms with Crippen molar-refractivity contribution in [3.8, 4) is 0 Å². The van der Waals surface area contributed by atoms with Crippen LogP contribution in [0.5, 0.6) is 0 Å². The third-order valence-corrected chi connectivity index (χ3v) is 7.05. The van der Waals surface area contributed by atoms with E-state index in [9.17, 15) is 9.59 Å². The van der Waals surface area contributed by atoms with Crippen LogP contribution in [0.3, 0.4) is 0 Å². The average Bonchev–Trinajstić information content (AvgIpc) is 3.48. The monoisotopic (exact) mass is 451 g/mol. The molecule has 4 rings (SSSR count). The minimum absolute atomic E-state index is 0.0919. The minimum Gasteiger partial charge on any atom is -0.344 e. The first-order chi connectivity index (χ1) is 15.2. The number of nitrogens with zero attached hydrogens (tertiary/aromatic N) is 2. The number of amides is 1. The minimum atomic E-state index is -0.193. The Balaban J connectivity index is 1.46. The Kier molecular flexibility index (Phi) is 6.94. The maximum absolute atomic E-state index is 12.8. The normalized spacial score (nSPS) is 12.2. The van der Waals surface area contributed by atoms with Crippen molar-refractivity contribution < 1.29 is 4.79 Å². The Morgan fingerprint density at radius 1 is 1.13 bits per heavy atom. The van der Waals surface area contributed by atoms with Crippen LogP contribution in [-0.2, 0) is 17.8 Å². The second-order valence-corrected chi connectivity index (χ2v) is 9.37. The molecule has 0 saturated heterocycles. The zero-order valence-corrected chi connectivity index (χ0v) is 19.0. The molecule has 5 nitrogen and oxygen atoms in total. The summed E-state index contributed by atoms with van der Waals surface area (Å²) >= 11 is 3.07. The second-order valence-electron chi connectivity index (χ2n) is 7.49. The van der Waals surface area contributed by atoms with Crippen molar-refractivity contribution >= 4 is 38.8 Å². The number of thiophene rings is 2. The highest BCUT2D eigenvalue weighted by atomic mass is 32.1. The lowest BCUT2D eigenvalue weighted by molar-refractivity contribution is -0.121. The Morgan fingerprint density at radius 2 is 1.97 bits per heavy atom. The molecule has 0 bridgehead atoms. The number of benzene rings is 1. The molecule has 0 saturated carbocycles. The summed E-state index contributed by atoms with van der Waals surface area (Å²) in [5.41, 5.74) is 2.28. The fourth-order valence-corrected chi connectivity index (χ4v) is 5.07. The third kappa shape index (κ3) is 5.11. The van der Waals surface area contributed by atoms with E-state index < -0.39 is 0 Å². The maximum Gasteiger partial charge on any atom is 0.262 e. The zero-order chi connectivity index (χ0) is 21.6. The van der Waals surface area contributed by atoms with Crippen molar-refractivity contribution in [2.75, 3.05) is 0 Å². The molecule has 160 valence electrons. The van der Waals surface area contributed by atoms with Gasteiger partial charge in [-0.1, -0.05) is 43.7 Å². The van der Waals surface area contributed by atoms with Crippen molar-refractivity contribution in [1.82, 2.24) is 14.9 Å². The summed E-state index contributed by atoms with van der Waals surface area (Å²) in [6, 6.07) is 14.1. The first-order valence-corrected chi connectivity index (χ1v) is 12.3. The molecule has 0 aliphatic rings. The van der Waals surface area contributed by atoms with Crippen LogP contribution in [0, 0.1) is 0 Å². The Hall–Kier alpha value is -2.77. The lowest BCUT2D eigenvalue weighted by Gasteiger charge is -2.19. The first-order valence-electron chi connectivity index (χ1n) is 10.5. The SMILES string of the molecule is CCCCc1ccc(C(NC(=O)CCn2cnc3sccc3c2=O)c2cccs2)cc1. The van der Waals surface area contributed by atoms with Crippen molar-refractivity contribution in [1.29, 1.82) is 0 Å². The van der Waals surface area contributed by atoms with E-state index in [2.05, 4.69) is 41.5 Å². The van der Waals surface area contributed by atoms with E-state index in [1.54, 1.807) is 17.4 Å². The van der Waals surface area contributed by atoms with E-state index in [0.29, 0.717) is 11.9 Å². The van der Waals surface area contributed by atoms with E-state index in [1.165, 1.54) is 40.6 Å². The lowest BCUT2D eigenvalue weighted by Crippen LogP contribution is -2.31. The third-order valence-electron chi connectivity index (χ3n) is 5.30. The van der Waals surface area contributed by atoms with Crippen LogP contribution in [0.4, 0.5) is 0 Å². The van der Waals surface area contributed by atoms with Crippen LogP contribution in [-0.4, -0.2) is 15.5 Å². The lowest BCUT2D eigenvalue weighted by atomic mass is 10.0. The van der Waals surface area contributed by atoms with Gasteiger partial charge in [-0.15, -0.1) is 22.7 Å². The summed E-state index contributed by atoms with van der Waals surface area (Å²) in [7, 11) is 0. The molecule has 31 heavy (non-hydrogen) atoms. The highest BCUT2D eigenvalue weighted by Crippen LogP contribution is 2.27. The van der Waals surface area contributed by atoms with Gasteiger partial charge in [0.05, 0.1) is 17.8 Å². The molecule has 0 aliphatic carbocycles. The van der Waals surface area contributed by atoms with E-state index >= 15 is 0 Å². The largest absolute Gasteiger partial charge is 0.344 e. The van der Waals surface area contributed by atoms with Gasteiger partial charge < -0.3 is 5.32 Å². The fraction of sp³-hybridized carbons (Fsp3) is 0.292. The van der Waals surface area contributed by atoms with Gasteiger partial charge in [0.1, 0.15) is 4.83 Å². The van der Waals surface area contributed by atoms with Crippen molar-refractivity contribution in [3.63, 3.8) is 0 Å². The van der Waals surface area contributed by atoms with Gasteiger partial charge in [-0.25, -0.2) is 4.98 Å². The quantitative estimate of drug-likeness (QED) is 0.382. The zero-order valence-electron chi connectivity index (χ0n) is 17.4. The van der Waals surface area contributed by atoms with Gasteiger partial charge in [-0.05, 0) is 46.9 Å². The molecule has 1 amide bonds. The summed E-state index contributed by atoms with van der Waals surface area (Å²) in [6.45, 7) is 2.50. The Labute approximate surface area is 189 Å². The number of fused-ring (bicyclic) bond motifs is 1. The number of nitrogens with one attached hydrogen (secondary N) is 1. The predicted molar refractivity (Wildman–Crippen MR) is 128 cm³/mol.